The minimum absolute atomic E-state index is 0.569. The van der Waals surface area contributed by atoms with Gasteiger partial charge in [0.25, 0.3) is 0 Å². The van der Waals surface area contributed by atoms with Gasteiger partial charge in [-0.1, -0.05) is 36.8 Å². The first-order chi connectivity index (χ1) is 7.13. The standard InChI is InChI=1S/C13H21NS/c1-10-6-5-7-13(8-10)9-15-12(3)11(2)14-4/h5-8,11-12,14H,9H2,1-4H3. The third-order valence-corrected chi connectivity index (χ3v) is 4.19. The van der Waals surface area contributed by atoms with Crippen molar-refractivity contribution in [1.82, 2.24) is 5.32 Å². The van der Waals surface area contributed by atoms with Gasteiger partial charge in [-0.05, 0) is 26.5 Å². The lowest BCUT2D eigenvalue weighted by atomic mass is 10.2. The number of nitrogens with one attached hydrogen (secondary N) is 1. The highest BCUT2D eigenvalue weighted by Gasteiger charge is 2.09. The second-order valence-electron chi connectivity index (χ2n) is 4.08. The van der Waals surface area contributed by atoms with Crippen LogP contribution >= 0.6 is 11.8 Å². The van der Waals surface area contributed by atoms with Gasteiger partial charge in [-0.25, -0.2) is 0 Å². The number of benzene rings is 1. The number of aryl methyl sites for hydroxylation is 1. The van der Waals surface area contributed by atoms with E-state index in [4.69, 9.17) is 0 Å². The summed E-state index contributed by atoms with van der Waals surface area (Å²) < 4.78 is 0. The Morgan fingerprint density at radius 2 is 2.07 bits per heavy atom. The second-order valence-corrected chi connectivity index (χ2v) is 5.45. The Kier molecular flexibility index (Phi) is 5.20. The molecule has 0 spiro atoms. The predicted octanol–water partition coefficient (Wildman–Crippen LogP) is 3.22. The van der Waals surface area contributed by atoms with Crippen molar-refractivity contribution in [2.45, 2.75) is 37.8 Å². The van der Waals surface area contributed by atoms with Crippen LogP contribution in [0.2, 0.25) is 0 Å². The van der Waals surface area contributed by atoms with Gasteiger partial charge in [0.15, 0.2) is 0 Å². The van der Waals surface area contributed by atoms with E-state index < -0.39 is 0 Å². The normalized spacial score (nSPS) is 14.9. The molecule has 0 bridgehead atoms. The molecule has 1 rings (SSSR count). The molecule has 1 aromatic carbocycles. The zero-order chi connectivity index (χ0) is 11.3. The highest BCUT2D eigenvalue weighted by atomic mass is 32.2. The monoisotopic (exact) mass is 223 g/mol. The quantitative estimate of drug-likeness (QED) is 0.822. The third-order valence-electron chi connectivity index (χ3n) is 2.75. The first-order valence-corrected chi connectivity index (χ1v) is 6.52. The molecule has 1 aromatic rings. The summed E-state index contributed by atoms with van der Waals surface area (Å²) in [5, 5.41) is 3.94. The fourth-order valence-electron chi connectivity index (χ4n) is 1.41. The van der Waals surface area contributed by atoms with Gasteiger partial charge in [0, 0.05) is 17.0 Å². The van der Waals surface area contributed by atoms with E-state index in [1.165, 1.54) is 11.1 Å². The molecule has 0 saturated heterocycles. The Bertz CT molecular complexity index is 298. The Morgan fingerprint density at radius 1 is 1.33 bits per heavy atom. The van der Waals surface area contributed by atoms with Crippen LogP contribution in [0.1, 0.15) is 25.0 Å². The van der Waals surface area contributed by atoms with E-state index in [0.29, 0.717) is 11.3 Å². The summed E-state index contributed by atoms with van der Waals surface area (Å²) in [5.74, 6) is 1.11. The molecule has 0 aliphatic rings. The largest absolute Gasteiger partial charge is 0.316 e. The molecule has 84 valence electrons. The molecule has 2 unspecified atom stereocenters. The molecule has 0 aliphatic heterocycles. The molecule has 1 nitrogen and oxygen atoms in total. The van der Waals surface area contributed by atoms with Crippen molar-refractivity contribution in [3.05, 3.63) is 35.4 Å². The van der Waals surface area contributed by atoms with Crippen LogP contribution in [0.3, 0.4) is 0 Å². The van der Waals surface area contributed by atoms with Crippen molar-refractivity contribution in [1.29, 1.82) is 0 Å². The molecule has 0 aromatic heterocycles. The fraction of sp³-hybridized carbons (Fsp3) is 0.538. The molecule has 0 amide bonds. The summed E-state index contributed by atoms with van der Waals surface area (Å²) in [7, 11) is 2.02. The Labute approximate surface area is 97.7 Å². The zero-order valence-electron chi connectivity index (χ0n) is 10.1. The topological polar surface area (TPSA) is 12.0 Å². The van der Waals surface area contributed by atoms with E-state index >= 15 is 0 Å². The van der Waals surface area contributed by atoms with Crippen molar-refractivity contribution >= 4 is 11.8 Å². The zero-order valence-corrected chi connectivity index (χ0v) is 10.9. The van der Waals surface area contributed by atoms with E-state index in [-0.39, 0.29) is 0 Å². The minimum atomic E-state index is 0.569. The number of thioether (sulfide) groups is 1. The van der Waals surface area contributed by atoms with Crippen LogP contribution in [-0.4, -0.2) is 18.3 Å². The van der Waals surface area contributed by atoms with Gasteiger partial charge < -0.3 is 5.32 Å². The van der Waals surface area contributed by atoms with Gasteiger partial charge in [0.2, 0.25) is 0 Å². The lowest BCUT2D eigenvalue weighted by molar-refractivity contribution is 0.605. The van der Waals surface area contributed by atoms with Gasteiger partial charge in [-0.2, -0.15) is 11.8 Å². The van der Waals surface area contributed by atoms with Crippen LogP contribution in [-0.2, 0) is 5.75 Å². The lowest BCUT2D eigenvalue weighted by Gasteiger charge is -2.18. The van der Waals surface area contributed by atoms with E-state index in [0.717, 1.165) is 5.75 Å². The second kappa shape index (κ2) is 6.19. The van der Waals surface area contributed by atoms with Crippen molar-refractivity contribution < 1.29 is 0 Å². The Morgan fingerprint density at radius 3 is 2.67 bits per heavy atom. The molecule has 0 radical (unpaired) electrons. The molecule has 1 N–H and O–H groups in total. The van der Waals surface area contributed by atoms with Gasteiger partial charge >= 0.3 is 0 Å². The average molecular weight is 223 g/mol. The molecule has 0 aliphatic carbocycles. The summed E-state index contributed by atoms with van der Waals surface area (Å²) in [6, 6.07) is 9.32. The first-order valence-electron chi connectivity index (χ1n) is 5.48. The summed E-state index contributed by atoms with van der Waals surface area (Å²) in [6.07, 6.45) is 0. The van der Waals surface area contributed by atoms with Crippen LogP contribution in [0.4, 0.5) is 0 Å². The molecular weight excluding hydrogens is 202 g/mol. The van der Waals surface area contributed by atoms with Gasteiger partial charge in [-0.15, -0.1) is 0 Å². The minimum Gasteiger partial charge on any atom is -0.316 e. The number of rotatable bonds is 5. The van der Waals surface area contributed by atoms with Gasteiger partial charge in [0.05, 0.1) is 0 Å². The van der Waals surface area contributed by atoms with Gasteiger partial charge in [-0.3, -0.25) is 0 Å². The molecule has 0 saturated carbocycles. The van der Waals surface area contributed by atoms with Crippen LogP contribution in [0.5, 0.6) is 0 Å². The van der Waals surface area contributed by atoms with Crippen LogP contribution in [0, 0.1) is 6.92 Å². The van der Waals surface area contributed by atoms with Crippen LogP contribution in [0.25, 0.3) is 0 Å². The maximum atomic E-state index is 3.29. The van der Waals surface area contributed by atoms with Gasteiger partial charge in [0.1, 0.15) is 0 Å². The summed E-state index contributed by atoms with van der Waals surface area (Å²) in [5.41, 5.74) is 2.78. The highest BCUT2D eigenvalue weighted by molar-refractivity contribution is 7.99. The van der Waals surface area contributed by atoms with E-state index in [1.54, 1.807) is 0 Å². The smallest absolute Gasteiger partial charge is 0.0187 e. The summed E-state index contributed by atoms with van der Waals surface area (Å²) in [4.78, 5) is 0. The molecule has 0 fully saturated rings. The third kappa shape index (κ3) is 4.27. The lowest BCUT2D eigenvalue weighted by Crippen LogP contribution is -2.30. The molecule has 0 heterocycles. The van der Waals surface area contributed by atoms with Crippen molar-refractivity contribution in [2.24, 2.45) is 0 Å². The SMILES string of the molecule is CNC(C)C(C)SCc1cccc(C)c1. The number of hydrogen-bond acceptors (Lipinski definition) is 2. The van der Waals surface area contributed by atoms with E-state index in [1.807, 2.05) is 18.8 Å². The summed E-state index contributed by atoms with van der Waals surface area (Å²) in [6.45, 7) is 6.66. The maximum absolute atomic E-state index is 3.29. The van der Waals surface area contributed by atoms with Crippen molar-refractivity contribution in [3.63, 3.8) is 0 Å². The maximum Gasteiger partial charge on any atom is 0.0187 e. The number of hydrogen-bond donors (Lipinski definition) is 1. The first kappa shape index (κ1) is 12.6. The average Bonchev–Trinajstić information content (AvgIpc) is 2.25. The van der Waals surface area contributed by atoms with E-state index in [2.05, 4.69) is 50.4 Å². The molecule has 15 heavy (non-hydrogen) atoms. The Hall–Kier alpha value is -0.470. The van der Waals surface area contributed by atoms with Crippen LogP contribution < -0.4 is 5.32 Å². The van der Waals surface area contributed by atoms with Crippen LogP contribution in [0.15, 0.2) is 24.3 Å². The predicted molar refractivity (Wildman–Crippen MR) is 70.5 cm³/mol. The highest BCUT2D eigenvalue weighted by Crippen LogP contribution is 2.20. The fourth-order valence-corrected chi connectivity index (χ4v) is 2.47. The van der Waals surface area contributed by atoms with E-state index in [9.17, 15) is 0 Å². The molecular formula is C13H21NS. The molecule has 2 atom stereocenters. The Balaban J connectivity index is 2.43. The summed E-state index contributed by atoms with van der Waals surface area (Å²) >= 11 is 2.01. The van der Waals surface area contributed by atoms with Crippen molar-refractivity contribution in [3.8, 4) is 0 Å². The van der Waals surface area contributed by atoms with Crippen molar-refractivity contribution in [2.75, 3.05) is 7.05 Å². The molecule has 2 heteroatoms.